The molecule has 2 amide bonds. The summed E-state index contributed by atoms with van der Waals surface area (Å²) in [6, 6.07) is 10.2. The van der Waals surface area contributed by atoms with Crippen LogP contribution in [0.4, 0.5) is 10.1 Å². The van der Waals surface area contributed by atoms with Crippen LogP contribution in [0.3, 0.4) is 0 Å². The molecule has 0 bridgehead atoms. The number of anilines is 1. The molecule has 5 heteroatoms. The number of amides is 2. The first-order chi connectivity index (χ1) is 9.11. The molecule has 1 aliphatic heterocycles. The highest BCUT2D eigenvalue weighted by Gasteiger charge is 2.39. The van der Waals surface area contributed by atoms with E-state index in [2.05, 4.69) is 0 Å². The van der Waals surface area contributed by atoms with Crippen molar-refractivity contribution < 1.29 is 14.0 Å². The quantitative estimate of drug-likeness (QED) is 0.749. The molecule has 0 spiro atoms. The molecule has 0 fully saturated rings. The molecule has 3 nitrogen and oxygen atoms in total. The van der Waals surface area contributed by atoms with Gasteiger partial charge in [0.05, 0.1) is 21.8 Å². The highest BCUT2D eigenvalue weighted by Crippen LogP contribution is 2.33. The molecule has 0 radical (unpaired) electrons. The topological polar surface area (TPSA) is 37.4 Å². The van der Waals surface area contributed by atoms with Crippen molar-refractivity contribution in [2.45, 2.75) is 0 Å². The van der Waals surface area contributed by atoms with Gasteiger partial charge in [-0.05, 0) is 24.3 Å². The van der Waals surface area contributed by atoms with Crippen molar-refractivity contribution in [2.24, 2.45) is 0 Å². The lowest BCUT2D eigenvalue weighted by Gasteiger charge is -2.14. The van der Waals surface area contributed by atoms with E-state index in [4.69, 9.17) is 11.6 Å². The normalized spacial score (nSPS) is 13.9. The minimum atomic E-state index is -0.631. The molecule has 1 heterocycles. The van der Waals surface area contributed by atoms with Crippen molar-refractivity contribution in [3.8, 4) is 0 Å². The van der Waals surface area contributed by atoms with E-state index in [-0.39, 0.29) is 21.8 Å². The van der Waals surface area contributed by atoms with Gasteiger partial charge in [0.2, 0.25) is 0 Å². The van der Waals surface area contributed by atoms with Gasteiger partial charge in [-0.3, -0.25) is 9.59 Å². The van der Waals surface area contributed by atoms with Crippen LogP contribution >= 0.6 is 11.6 Å². The van der Waals surface area contributed by atoms with Crippen LogP contribution in [0.5, 0.6) is 0 Å². The number of nitrogens with zero attached hydrogens (tertiary/aromatic N) is 1. The van der Waals surface area contributed by atoms with E-state index < -0.39 is 17.6 Å². The molecule has 0 N–H and O–H groups in total. The van der Waals surface area contributed by atoms with E-state index >= 15 is 0 Å². The first-order valence-corrected chi connectivity index (χ1v) is 5.91. The molecule has 0 aromatic heterocycles. The van der Waals surface area contributed by atoms with Crippen LogP contribution in [-0.4, -0.2) is 11.8 Å². The van der Waals surface area contributed by atoms with Gasteiger partial charge in [0, 0.05) is 0 Å². The van der Waals surface area contributed by atoms with Gasteiger partial charge < -0.3 is 0 Å². The number of benzene rings is 2. The Morgan fingerprint density at radius 3 is 2.37 bits per heavy atom. The van der Waals surface area contributed by atoms with Gasteiger partial charge in [0.1, 0.15) is 5.82 Å². The number of carbonyl (C=O) groups excluding carboxylic acids is 2. The Bertz CT molecular complexity index is 714. The lowest BCUT2D eigenvalue weighted by molar-refractivity contribution is 0.0925. The minimum Gasteiger partial charge on any atom is -0.268 e. The number of halogens is 2. The van der Waals surface area contributed by atoms with E-state index in [9.17, 15) is 14.0 Å². The van der Waals surface area contributed by atoms with Crippen LogP contribution in [0, 0.1) is 5.82 Å². The second-order valence-corrected chi connectivity index (χ2v) is 4.47. The smallest absolute Gasteiger partial charge is 0.267 e. The maximum Gasteiger partial charge on any atom is 0.267 e. The molecule has 0 saturated carbocycles. The van der Waals surface area contributed by atoms with Gasteiger partial charge in [-0.2, -0.15) is 0 Å². The number of fused-ring (bicyclic) bond motifs is 1. The minimum absolute atomic E-state index is 0.0650. The Balaban J connectivity index is 2.19. The van der Waals surface area contributed by atoms with Crippen molar-refractivity contribution >= 4 is 29.1 Å². The van der Waals surface area contributed by atoms with Crippen LogP contribution in [-0.2, 0) is 0 Å². The average molecular weight is 276 g/mol. The highest BCUT2D eigenvalue weighted by molar-refractivity contribution is 6.42. The second kappa shape index (κ2) is 4.17. The second-order valence-electron chi connectivity index (χ2n) is 4.06. The molecule has 0 atom stereocenters. The van der Waals surface area contributed by atoms with Crippen molar-refractivity contribution in [2.75, 3.05) is 4.90 Å². The lowest BCUT2D eigenvalue weighted by atomic mass is 10.1. The number of para-hydroxylation sites is 1. The number of rotatable bonds is 1. The van der Waals surface area contributed by atoms with Crippen LogP contribution in [0.25, 0.3) is 0 Å². The SMILES string of the molecule is O=C1c2cccc(Cl)c2C(=O)N1c1ccccc1F. The maximum atomic E-state index is 13.7. The fraction of sp³-hybridized carbons (Fsp3) is 0. The summed E-state index contributed by atoms with van der Waals surface area (Å²) in [5.74, 6) is -1.79. The Morgan fingerprint density at radius 1 is 0.947 bits per heavy atom. The standard InChI is InChI=1S/C14H7ClFNO2/c15-9-5-3-4-8-12(9)14(19)17(13(8)18)11-7-2-1-6-10(11)16/h1-7H. The van der Waals surface area contributed by atoms with E-state index in [1.165, 1.54) is 30.3 Å². The first-order valence-electron chi connectivity index (χ1n) is 5.53. The predicted octanol–water partition coefficient (Wildman–Crippen LogP) is 3.28. The zero-order valence-corrected chi connectivity index (χ0v) is 10.3. The fourth-order valence-corrected chi connectivity index (χ4v) is 2.35. The number of hydrogen-bond acceptors (Lipinski definition) is 2. The third-order valence-electron chi connectivity index (χ3n) is 2.96. The van der Waals surface area contributed by atoms with Gasteiger partial charge >= 0.3 is 0 Å². The maximum absolute atomic E-state index is 13.7. The van der Waals surface area contributed by atoms with Gasteiger partial charge in [-0.1, -0.05) is 29.8 Å². The summed E-state index contributed by atoms with van der Waals surface area (Å²) in [6.07, 6.45) is 0. The Kier molecular flexibility index (Phi) is 2.61. The zero-order chi connectivity index (χ0) is 13.6. The molecular formula is C14H7ClFNO2. The molecule has 3 rings (SSSR count). The average Bonchev–Trinajstić information content (AvgIpc) is 2.64. The summed E-state index contributed by atoms with van der Waals surface area (Å²) in [4.78, 5) is 25.2. The van der Waals surface area contributed by atoms with Crippen LogP contribution < -0.4 is 4.90 Å². The predicted molar refractivity (Wildman–Crippen MR) is 69.0 cm³/mol. The summed E-state index contributed by atoms with van der Waals surface area (Å²) >= 11 is 5.93. The molecule has 2 aromatic rings. The van der Waals surface area contributed by atoms with Crippen molar-refractivity contribution in [1.29, 1.82) is 0 Å². The molecule has 2 aromatic carbocycles. The molecular weight excluding hydrogens is 269 g/mol. The molecule has 0 aliphatic carbocycles. The summed E-state index contributed by atoms with van der Waals surface area (Å²) in [5, 5.41) is 0.190. The van der Waals surface area contributed by atoms with Gasteiger partial charge in [-0.15, -0.1) is 0 Å². The third kappa shape index (κ3) is 1.64. The van der Waals surface area contributed by atoms with Crippen LogP contribution in [0.2, 0.25) is 5.02 Å². The van der Waals surface area contributed by atoms with Gasteiger partial charge in [-0.25, -0.2) is 9.29 Å². The summed E-state index contributed by atoms with van der Waals surface area (Å²) < 4.78 is 13.7. The summed E-state index contributed by atoms with van der Waals surface area (Å²) in [5.41, 5.74) is 0.253. The first kappa shape index (κ1) is 11.9. The molecule has 1 aliphatic rings. The summed E-state index contributed by atoms with van der Waals surface area (Å²) in [7, 11) is 0. The molecule has 94 valence electrons. The Morgan fingerprint density at radius 2 is 1.68 bits per heavy atom. The number of imide groups is 1. The monoisotopic (exact) mass is 275 g/mol. The van der Waals surface area contributed by atoms with Gasteiger partial charge in [0.15, 0.2) is 0 Å². The molecule has 0 saturated heterocycles. The largest absolute Gasteiger partial charge is 0.268 e. The number of carbonyl (C=O) groups is 2. The van der Waals surface area contributed by atoms with E-state index in [0.717, 1.165) is 4.90 Å². The summed E-state index contributed by atoms with van der Waals surface area (Å²) in [6.45, 7) is 0. The highest BCUT2D eigenvalue weighted by atomic mass is 35.5. The van der Waals surface area contributed by atoms with Crippen molar-refractivity contribution in [3.63, 3.8) is 0 Å². The van der Waals surface area contributed by atoms with E-state index in [0.29, 0.717) is 0 Å². The molecule has 0 unspecified atom stereocenters. The fourth-order valence-electron chi connectivity index (χ4n) is 2.10. The van der Waals surface area contributed by atoms with E-state index in [1.807, 2.05) is 0 Å². The Hall–Kier alpha value is -2.20. The van der Waals surface area contributed by atoms with Crippen molar-refractivity contribution in [3.05, 3.63) is 64.4 Å². The van der Waals surface area contributed by atoms with Gasteiger partial charge in [0.25, 0.3) is 11.8 Å². The van der Waals surface area contributed by atoms with Crippen LogP contribution in [0.15, 0.2) is 42.5 Å². The van der Waals surface area contributed by atoms with Crippen molar-refractivity contribution in [1.82, 2.24) is 0 Å². The Labute approximate surface area is 113 Å². The zero-order valence-electron chi connectivity index (χ0n) is 9.56. The third-order valence-corrected chi connectivity index (χ3v) is 3.27. The number of hydrogen-bond donors (Lipinski definition) is 0. The lowest BCUT2D eigenvalue weighted by Crippen LogP contribution is -2.30. The van der Waals surface area contributed by atoms with E-state index in [1.54, 1.807) is 12.1 Å². The molecule has 19 heavy (non-hydrogen) atoms. The van der Waals surface area contributed by atoms with Crippen LogP contribution in [0.1, 0.15) is 20.7 Å².